The summed E-state index contributed by atoms with van der Waals surface area (Å²) in [6.07, 6.45) is 6.43. The van der Waals surface area contributed by atoms with Gasteiger partial charge >= 0.3 is 0 Å². The SMILES string of the molecule is NC(CC1CCCCC1)c1cc(F)c(F)cc1F. The van der Waals surface area contributed by atoms with Crippen LogP contribution >= 0.6 is 0 Å². The molecule has 1 saturated carbocycles. The second-order valence-electron chi connectivity index (χ2n) is 5.13. The first kappa shape index (κ1) is 13.4. The summed E-state index contributed by atoms with van der Waals surface area (Å²) in [4.78, 5) is 0. The van der Waals surface area contributed by atoms with Crippen LogP contribution in [-0.4, -0.2) is 0 Å². The van der Waals surface area contributed by atoms with E-state index in [0.29, 0.717) is 18.4 Å². The van der Waals surface area contributed by atoms with E-state index in [0.717, 1.165) is 18.9 Å². The zero-order chi connectivity index (χ0) is 13.1. The minimum absolute atomic E-state index is 0.0828. The van der Waals surface area contributed by atoms with Crippen molar-refractivity contribution in [3.8, 4) is 0 Å². The fourth-order valence-corrected chi connectivity index (χ4v) is 2.73. The van der Waals surface area contributed by atoms with Crippen LogP contribution in [0.1, 0.15) is 50.1 Å². The van der Waals surface area contributed by atoms with Gasteiger partial charge in [0.25, 0.3) is 0 Å². The highest BCUT2D eigenvalue weighted by Crippen LogP contribution is 2.32. The van der Waals surface area contributed by atoms with Gasteiger partial charge < -0.3 is 5.73 Å². The highest BCUT2D eigenvalue weighted by atomic mass is 19.2. The highest BCUT2D eigenvalue weighted by Gasteiger charge is 2.21. The second kappa shape index (κ2) is 5.74. The summed E-state index contributed by atoms with van der Waals surface area (Å²) in [5.74, 6) is -2.48. The Hall–Kier alpha value is -1.03. The number of halogens is 3. The molecule has 18 heavy (non-hydrogen) atoms. The summed E-state index contributed by atoms with van der Waals surface area (Å²) in [6, 6.07) is 0.909. The van der Waals surface area contributed by atoms with Gasteiger partial charge in [-0.05, 0) is 18.4 Å². The van der Waals surface area contributed by atoms with Gasteiger partial charge in [0.1, 0.15) is 5.82 Å². The van der Waals surface area contributed by atoms with E-state index in [1.165, 1.54) is 19.3 Å². The number of rotatable bonds is 3. The molecular weight excluding hydrogens is 239 g/mol. The van der Waals surface area contributed by atoms with Crippen molar-refractivity contribution in [3.05, 3.63) is 35.1 Å². The van der Waals surface area contributed by atoms with E-state index < -0.39 is 23.5 Å². The first-order valence-corrected chi connectivity index (χ1v) is 6.48. The van der Waals surface area contributed by atoms with Crippen molar-refractivity contribution in [1.29, 1.82) is 0 Å². The van der Waals surface area contributed by atoms with Crippen LogP contribution in [0.25, 0.3) is 0 Å². The average molecular weight is 257 g/mol. The van der Waals surface area contributed by atoms with Crippen molar-refractivity contribution in [1.82, 2.24) is 0 Å². The van der Waals surface area contributed by atoms with Crippen LogP contribution in [0.5, 0.6) is 0 Å². The van der Waals surface area contributed by atoms with Crippen LogP contribution in [0, 0.1) is 23.4 Å². The van der Waals surface area contributed by atoms with Crippen LogP contribution in [0.4, 0.5) is 13.2 Å². The molecule has 0 amide bonds. The summed E-state index contributed by atoms with van der Waals surface area (Å²) >= 11 is 0. The number of benzene rings is 1. The number of hydrogen-bond donors (Lipinski definition) is 1. The van der Waals surface area contributed by atoms with E-state index >= 15 is 0 Å². The van der Waals surface area contributed by atoms with Crippen molar-refractivity contribution in [2.24, 2.45) is 11.7 Å². The van der Waals surface area contributed by atoms with E-state index in [4.69, 9.17) is 5.73 Å². The minimum Gasteiger partial charge on any atom is -0.324 e. The standard InChI is InChI=1S/C14H18F3N/c15-11-8-13(17)12(16)7-10(11)14(18)6-9-4-2-1-3-5-9/h7-9,14H,1-6,18H2. The van der Waals surface area contributed by atoms with Gasteiger partial charge in [-0.15, -0.1) is 0 Å². The maximum Gasteiger partial charge on any atom is 0.161 e. The van der Waals surface area contributed by atoms with Gasteiger partial charge in [-0.3, -0.25) is 0 Å². The predicted molar refractivity (Wildman–Crippen MR) is 64.4 cm³/mol. The van der Waals surface area contributed by atoms with Crippen LogP contribution in [-0.2, 0) is 0 Å². The molecule has 100 valence electrons. The maximum absolute atomic E-state index is 13.5. The molecule has 1 aromatic carbocycles. The molecule has 1 unspecified atom stereocenters. The van der Waals surface area contributed by atoms with Crippen molar-refractivity contribution in [3.63, 3.8) is 0 Å². The summed E-state index contributed by atoms with van der Waals surface area (Å²) in [6.45, 7) is 0. The lowest BCUT2D eigenvalue weighted by atomic mass is 9.83. The first-order valence-electron chi connectivity index (χ1n) is 6.48. The molecule has 0 heterocycles. The largest absolute Gasteiger partial charge is 0.324 e. The molecule has 1 atom stereocenters. The lowest BCUT2D eigenvalue weighted by molar-refractivity contribution is 0.316. The Morgan fingerprint density at radius 2 is 1.61 bits per heavy atom. The third-order valence-electron chi connectivity index (χ3n) is 3.75. The topological polar surface area (TPSA) is 26.0 Å². The van der Waals surface area contributed by atoms with Crippen LogP contribution < -0.4 is 5.73 Å². The van der Waals surface area contributed by atoms with Crippen molar-refractivity contribution in [2.75, 3.05) is 0 Å². The Kier molecular flexibility index (Phi) is 4.27. The fourth-order valence-electron chi connectivity index (χ4n) is 2.73. The Morgan fingerprint density at radius 3 is 2.28 bits per heavy atom. The number of hydrogen-bond acceptors (Lipinski definition) is 1. The van der Waals surface area contributed by atoms with Gasteiger partial charge in [0, 0.05) is 17.7 Å². The first-order chi connectivity index (χ1) is 8.58. The van der Waals surface area contributed by atoms with Gasteiger partial charge in [-0.2, -0.15) is 0 Å². The molecule has 1 nitrogen and oxygen atoms in total. The molecule has 1 fully saturated rings. The lowest BCUT2D eigenvalue weighted by Crippen LogP contribution is -2.19. The molecule has 1 aromatic rings. The Morgan fingerprint density at radius 1 is 1.00 bits per heavy atom. The van der Waals surface area contributed by atoms with Gasteiger partial charge in [-0.25, -0.2) is 13.2 Å². The van der Waals surface area contributed by atoms with Gasteiger partial charge in [0.05, 0.1) is 0 Å². The average Bonchev–Trinajstić information content (AvgIpc) is 2.35. The van der Waals surface area contributed by atoms with E-state index in [1.807, 2.05) is 0 Å². The monoisotopic (exact) mass is 257 g/mol. The second-order valence-corrected chi connectivity index (χ2v) is 5.13. The molecule has 0 aromatic heterocycles. The van der Waals surface area contributed by atoms with Crippen LogP contribution in [0.2, 0.25) is 0 Å². The molecule has 0 aliphatic heterocycles. The third kappa shape index (κ3) is 3.05. The smallest absolute Gasteiger partial charge is 0.161 e. The molecular formula is C14H18F3N. The third-order valence-corrected chi connectivity index (χ3v) is 3.75. The molecule has 0 saturated heterocycles. The van der Waals surface area contributed by atoms with E-state index in [1.54, 1.807) is 0 Å². The summed E-state index contributed by atoms with van der Waals surface area (Å²) in [7, 11) is 0. The molecule has 1 aliphatic rings. The molecule has 1 aliphatic carbocycles. The normalized spacial score (nSPS) is 18.9. The summed E-state index contributed by atoms with van der Waals surface area (Å²) < 4.78 is 39.5. The van der Waals surface area contributed by atoms with E-state index in [2.05, 4.69) is 0 Å². The quantitative estimate of drug-likeness (QED) is 0.811. The zero-order valence-corrected chi connectivity index (χ0v) is 10.3. The van der Waals surface area contributed by atoms with Crippen LogP contribution in [0.3, 0.4) is 0 Å². The molecule has 0 radical (unpaired) electrons. The summed E-state index contributed by atoms with van der Waals surface area (Å²) in [5, 5.41) is 0. The predicted octanol–water partition coefficient (Wildman–Crippen LogP) is 4.07. The van der Waals surface area contributed by atoms with Crippen molar-refractivity contribution >= 4 is 0 Å². The molecule has 4 heteroatoms. The van der Waals surface area contributed by atoms with Crippen molar-refractivity contribution < 1.29 is 13.2 Å². The van der Waals surface area contributed by atoms with Gasteiger partial charge in [0.15, 0.2) is 11.6 Å². The maximum atomic E-state index is 13.5. The molecule has 0 bridgehead atoms. The highest BCUT2D eigenvalue weighted by molar-refractivity contribution is 5.23. The molecule has 0 spiro atoms. The zero-order valence-electron chi connectivity index (χ0n) is 10.3. The van der Waals surface area contributed by atoms with E-state index in [9.17, 15) is 13.2 Å². The van der Waals surface area contributed by atoms with Gasteiger partial charge in [-0.1, -0.05) is 32.1 Å². The summed E-state index contributed by atoms with van der Waals surface area (Å²) in [5.41, 5.74) is 6.00. The fraction of sp³-hybridized carbons (Fsp3) is 0.571. The lowest BCUT2D eigenvalue weighted by Gasteiger charge is -2.25. The Bertz CT molecular complexity index is 414. The van der Waals surface area contributed by atoms with E-state index in [-0.39, 0.29) is 5.56 Å². The Balaban J connectivity index is 2.08. The van der Waals surface area contributed by atoms with Crippen molar-refractivity contribution in [2.45, 2.75) is 44.6 Å². The number of nitrogens with two attached hydrogens (primary N) is 1. The molecule has 2 N–H and O–H groups in total. The minimum atomic E-state index is -1.17. The molecule has 2 rings (SSSR count). The van der Waals surface area contributed by atoms with Crippen LogP contribution in [0.15, 0.2) is 12.1 Å². The Labute approximate surface area is 105 Å². The van der Waals surface area contributed by atoms with Gasteiger partial charge in [0.2, 0.25) is 0 Å².